The van der Waals surface area contributed by atoms with Gasteiger partial charge in [0.15, 0.2) is 0 Å². The molecule has 0 saturated carbocycles. The number of thiophene rings is 1. The Morgan fingerprint density at radius 2 is 2.14 bits per heavy atom. The summed E-state index contributed by atoms with van der Waals surface area (Å²) < 4.78 is 5.20. The minimum Gasteiger partial charge on any atom is -0.495 e. The molecule has 2 aromatic rings. The van der Waals surface area contributed by atoms with Gasteiger partial charge in [0.2, 0.25) is 0 Å². The van der Waals surface area contributed by atoms with Crippen molar-refractivity contribution in [3.8, 4) is 17.6 Å². The third-order valence-corrected chi connectivity index (χ3v) is 3.63. The van der Waals surface area contributed by atoms with Crippen molar-refractivity contribution >= 4 is 22.9 Å². The maximum absolute atomic E-state index is 12.2. The molecule has 0 fully saturated rings. The Morgan fingerprint density at radius 1 is 1.33 bits per heavy atom. The molecular formula is C16H15NO3S. The number of hydrogen-bond donors (Lipinski definition) is 2. The quantitative estimate of drug-likeness (QED) is 0.854. The Hall–Kier alpha value is -2.29. The number of carbonyl (C=O) groups is 1. The van der Waals surface area contributed by atoms with Gasteiger partial charge in [0.1, 0.15) is 5.75 Å². The van der Waals surface area contributed by atoms with E-state index in [2.05, 4.69) is 17.2 Å². The van der Waals surface area contributed by atoms with Gasteiger partial charge in [-0.1, -0.05) is 24.0 Å². The molecule has 0 unspecified atom stereocenters. The van der Waals surface area contributed by atoms with E-state index in [1.165, 1.54) is 11.3 Å². The molecule has 21 heavy (non-hydrogen) atoms. The average Bonchev–Trinajstić information content (AvgIpc) is 2.97. The van der Waals surface area contributed by atoms with Crippen LogP contribution in [-0.4, -0.2) is 24.7 Å². The molecule has 1 amide bonds. The SMILES string of the molecule is COc1ccccc1NC(=O)c1ccc(C#CCCO)s1. The van der Waals surface area contributed by atoms with Gasteiger partial charge in [-0.3, -0.25) is 4.79 Å². The lowest BCUT2D eigenvalue weighted by molar-refractivity contribution is 0.103. The van der Waals surface area contributed by atoms with Crippen LogP contribution in [0.5, 0.6) is 5.75 Å². The highest BCUT2D eigenvalue weighted by Gasteiger charge is 2.11. The Labute approximate surface area is 127 Å². The van der Waals surface area contributed by atoms with Crippen LogP contribution in [0.2, 0.25) is 0 Å². The fraction of sp³-hybridized carbons (Fsp3) is 0.188. The molecule has 2 N–H and O–H groups in total. The fourth-order valence-electron chi connectivity index (χ4n) is 1.66. The molecule has 0 aliphatic rings. The Balaban J connectivity index is 2.09. The molecule has 0 atom stereocenters. The number of methoxy groups -OCH3 is 1. The summed E-state index contributed by atoms with van der Waals surface area (Å²) in [5.74, 6) is 6.16. The number of aliphatic hydroxyl groups excluding tert-OH is 1. The van der Waals surface area contributed by atoms with Crippen LogP contribution in [0, 0.1) is 11.8 Å². The van der Waals surface area contributed by atoms with E-state index < -0.39 is 0 Å². The first-order valence-corrected chi connectivity index (χ1v) is 7.20. The number of rotatable bonds is 4. The number of nitrogens with one attached hydrogen (secondary N) is 1. The average molecular weight is 301 g/mol. The van der Waals surface area contributed by atoms with E-state index in [1.807, 2.05) is 12.1 Å². The van der Waals surface area contributed by atoms with Crippen LogP contribution in [-0.2, 0) is 0 Å². The van der Waals surface area contributed by atoms with E-state index in [4.69, 9.17) is 9.84 Å². The zero-order valence-corrected chi connectivity index (χ0v) is 12.4. The largest absolute Gasteiger partial charge is 0.495 e. The molecule has 0 aliphatic heterocycles. The summed E-state index contributed by atoms with van der Waals surface area (Å²) in [5.41, 5.74) is 0.631. The predicted molar refractivity (Wildman–Crippen MR) is 83.8 cm³/mol. The molecule has 0 radical (unpaired) electrons. The highest BCUT2D eigenvalue weighted by Crippen LogP contribution is 2.25. The molecule has 0 spiro atoms. The smallest absolute Gasteiger partial charge is 0.265 e. The Bertz CT molecular complexity index is 682. The molecule has 1 heterocycles. The number of benzene rings is 1. The number of aliphatic hydroxyl groups is 1. The third kappa shape index (κ3) is 4.09. The standard InChI is InChI=1S/C16H15NO3S/c1-20-14-8-3-2-7-13(14)17-16(19)15-10-9-12(21-15)6-4-5-11-18/h2-3,7-10,18H,5,11H2,1H3,(H,17,19). The molecule has 5 heteroatoms. The van der Waals surface area contributed by atoms with Crippen LogP contribution in [0.4, 0.5) is 5.69 Å². The van der Waals surface area contributed by atoms with Gasteiger partial charge in [0, 0.05) is 6.42 Å². The number of ether oxygens (including phenoxy) is 1. The zero-order chi connectivity index (χ0) is 15.1. The number of carbonyl (C=O) groups excluding carboxylic acids is 1. The van der Waals surface area contributed by atoms with Crippen LogP contribution in [0.25, 0.3) is 0 Å². The summed E-state index contributed by atoms with van der Waals surface area (Å²) >= 11 is 1.32. The second-order valence-electron chi connectivity index (χ2n) is 4.09. The second-order valence-corrected chi connectivity index (χ2v) is 5.18. The topological polar surface area (TPSA) is 58.6 Å². The van der Waals surface area contributed by atoms with Gasteiger partial charge in [0.25, 0.3) is 5.91 Å². The van der Waals surface area contributed by atoms with Crippen molar-refractivity contribution in [2.24, 2.45) is 0 Å². The van der Waals surface area contributed by atoms with Crippen molar-refractivity contribution in [3.63, 3.8) is 0 Å². The number of hydrogen-bond acceptors (Lipinski definition) is 4. The lowest BCUT2D eigenvalue weighted by Crippen LogP contribution is -2.10. The van der Waals surface area contributed by atoms with Gasteiger partial charge in [-0.2, -0.15) is 0 Å². The molecule has 108 valence electrons. The first kappa shape index (κ1) is 15.1. The molecule has 1 aromatic heterocycles. The second kappa shape index (κ2) is 7.48. The maximum atomic E-state index is 12.2. The maximum Gasteiger partial charge on any atom is 0.265 e. The van der Waals surface area contributed by atoms with Crippen LogP contribution in [0.3, 0.4) is 0 Å². The zero-order valence-electron chi connectivity index (χ0n) is 11.6. The van der Waals surface area contributed by atoms with E-state index in [1.54, 1.807) is 31.4 Å². The molecular weight excluding hydrogens is 286 g/mol. The number of para-hydroxylation sites is 2. The normalized spacial score (nSPS) is 9.62. The minimum absolute atomic E-state index is 0.0412. The Kier molecular flexibility index (Phi) is 5.38. The molecule has 4 nitrogen and oxygen atoms in total. The lowest BCUT2D eigenvalue weighted by atomic mass is 10.3. The van der Waals surface area contributed by atoms with Crippen LogP contribution < -0.4 is 10.1 Å². The molecule has 1 aromatic carbocycles. The van der Waals surface area contributed by atoms with Crippen LogP contribution in [0.15, 0.2) is 36.4 Å². The van der Waals surface area contributed by atoms with E-state index in [0.717, 1.165) is 4.88 Å². The van der Waals surface area contributed by atoms with Crippen molar-refractivity contribution in [1.29, 1.82) is 0 Å². The van der Waals surface area contributed by atoms with Gasteiger partial charge in [-0.15, -0.1) is 11.3 Å². The number of amides is 1. The summed E-state index contributed by atoms with van der Waals surface area (Å²) in [5, 5.41) is 11.5. The van der Waals surface area contributed by atoms with Crippen LogP contribution >= 0.6 is 11.3 Å². The number of anilines is 1. The van der Waals surface area contributed by atoms with Gasteiger partial charge in [0.05, 0.1) is 29.2 Å². The molecule has 0 bridgehead atoms. The molecule has 2 rings (SSSR count). The van der Waals surface area contributed by atoms with E-state index in [9.17, 15) is 4.79 Å². The Morgan fingerprint density at radius 3 is 2.90 bits per heavy atom. The summed E-state index contributed by atoms with van der Waals surface area (Å²) in [4.78, 5) is 13.6. The highest BCUT2D eigenvalue weighted by atomic mass is 32.1. The molecule has 0 aliphatic carbocycles. The monoisotopic (exact) mass is 301 g/mol. The van der Waals surface area contributed by atoms with E-state index in [-0.39, 0.29) is 12.5 Å². The summed E-state index contributed by atoms with van der Waals surface area (Å²) in [6.45, 7) is 0.0412. The first-order chi connectivity index (χ1) is 10.2. The van der Waals surface area contributed by atoms with Gasteiger partial charge in [-0.25, -0.2) is 0 Å². The first-order valence-electron chi connectivity index (χ1n) is 6.38. The van der Waals surface area contributed by atoms with Gasteiger partial charge < -0.3 is 15.2 Å². The minimum atomic E-state index is -0.195. The van der Waals surface area contributed by atoms with Crippen molar-refractivity contribution in [3.05, 3.63) is 46.2 Å². The highest BCUT2D eigenvalue weighted by molar-refractivity contribution is 7.14. The summed E-state index contributed by atoms with van der Waals surface area (Å²) in [6.07, 6.45) is 0.431. The van der Waals surface area contributed by atoms with Crippen LogP contribution in [0.1, 0.15) is 21.0 Å². The van der Waals surface area contributed by atoms with Crippen molar-refractivity contribution in [1.82, 2.24) is 0 Å². The summed E-state index contributed by atoms with van der Waals surface area (Å²) in [7, 11) is 1.56. The predicted octanol–water partition coefficient (Wildman–Crippen LogP) is 2.74. The third-order valence-electron chi connectivity index (χ3n) is 2.63. The van der Waals surface area contributed by atoms with Crippen molar-refractivity contribution in [2.45, 2.75) is 6.42 Å². The van der Waals surface area contributed by atoms with Gasteiger partial charge >= 0.3 is 0 Å². The lowest BCUT2D eigenvalue weighted by Gasteiger charge is -2.08. The van der Waals surface area contributed by atoms with Crippen molar-refractivity contribution in [2.75, 3.05) is 19.0 Å². The summed E-state index contributed by atoms with van der Waals surface area (Å²) in [6, 6.07) is 10.8. The van der Waals surface area contributed by atoms with Crippen molar-refractivity contribution < 1.29 is 14.6 Å². The van der Waals surface area contributed by atoms with E-state index in [0.29, 0.717) is 22.7 Å². The van der Waals surface area contributed by atoms with E-state index >= 15 is 0 Å². The molecule has 0 saturated heterocycles. The fourth-order valence-corrected chi connectivity index (χ4v) is 2.44. The van der Waals surface area contributed by atoms with Gasteiger partial charge in [-0.05, 0) is 24.3 Å².